The second-order valence-electron chi connectivity index (χ2n) is 8.07. The topological polar surface area (TPSA) is 294 Å². The number of phosphoric acid groups is 2. The average molecular weight is 578 g/mol. The highest BCUT2D eigenvalue weighted by molar-refractivity contribution is 7.61. The fourth-order valence-corrected chi connectivity index (χ4v) is 5.61. The molecular weight excluding hydrogens is 554 g/mol. The number of hydrogen-bond acceptors (Lipinski definition) is 14. The van der Waals surface area contributed by atoms with Gasteiger partial charge in [-0.2, -0.15) is 4.31 Å². The first-order valence-electron chi connectivity index (χ1n) is 10.3. The van der Waals surface area contributed by atoms with Gasteiger partial charge in [-0.15, -0.1) is 0 Å². The molecule has 0 aromatic carbocycles. The Morgan fingerprint density at radius 1 is 1.11 bits per heavy atom. The Hall–Kier alpha value is -1.83. The molecule has 0 spiro atoms. The number of aliphatic hydroxyl groups excluding tert-OH is 4. The Kier molecular flexibility index (Phi) is 8.93. The summed E-state index contributed by atoms with van der Waals surface area (Å²) in [5.41, 5.74) is -1.32. The standard InChI is InChI=1S/C16H24N2O17P2/c1-5-3-18(16(26)17-13(5)23)8-2-6(19)7(32-8)4-31-36(27,28)35-37(29,30)34-15-11(22)9(20)10(21)12(33-15)14(24)25/h3,6-12,15,19-22H,2,4H2,1H3,(H,24,25)(H,27,28)(H,29,30)(H,17,23,26). The van der Waals surface area contributed by atoms with Crippen LogP contribution in [0.5, 0.6) is 0 Å². The molecule has 10 atom stereocenters. The fourth-order valence-electron chi connectivity index (χ4n) is 3.45. The van der Waals surface area contributed by atoms with Gasteiger partial charge in [0.15, 0.2) is 12.4 Å². The molecule has 2 saturated heterocycles. The van der Waals surface area contributed by atoms with Gasteiger partial charge in [-0.3, -0.25) is 23.4 Å². The van der Waals surface area contributed by atoms with Crippen molar-refractivity contribution in [1.82, 2.24) is 9.55 Å². The van der Waals surface area contributed by atoms with Crippen molar-refractivity contribution in [1.29, 1.82) is 0 Å². The third-order valence-corrected chi connectivity index (χ3v) is 7.92. The normalized spacial score (nSPS) is 35.5. The number of hydrogen-bond donors (Lipinski definition) is 8. The molecule has 0 bridgehead atoms. The fraction of sp³-hybridized carbons (Fsp3) is 0.688. The number of aliphatic hydroxyl groups is 4. The summed E-state index contributed by atoms with van der Waals surface area (Å²) in [5, 5.41) is 48.3. The zero-order valence-corrected chi connectivity index (χ0v) is 20.5. The van der Waals surface area contributed by atoms with E-state index in [2.05, 4.69) is 18.1 Å². The van der Waals surface area contributed by atoms with E-state index < -0.39 is 88.6 Å². The summed E-state index contributed by atoms with van der Waals surface area (Å²) in [4.78, 5) is 56.2. The van der Waals surface area contributed by atoms with Crippen LogP contribution >= 0.6 is 15.6 Å². The van der Waals surface area contributed by atoms with Gasteiger partial charge in [-0.25, -0.2) is 18.7 Å². The van der Waals surface area contributed by atoms with Gasteiger partial charge in [-0.05, 0) is 6.92 Å². The van der Waals surface area contributed by atoms with Crippen LogP contribution in [-0.2, 0) is 36.8 Å². The summed E-state index contributed by atoms with van der Waals surface area (Å²) in [7, 11) is -11.1. The maximum absolute atomic E-state index is 12.2. The first kappa shape index (κ1) is 29.7. The smallest absolute Gasteiger partial charge is 0.479 e. The van der Waals surface area contributed by atoms with Gasteiger partial charge in [0.2, 0.25) is 0 Å². The minimum atomic E-state index is -5.67. The molecule has 210 valence electrons. The Bertz CT molecular complexity index is 1220. The van der Waals surface area contributed by atoms with Crippen LogP contribution in [0.3, 0.4) is 0 Å². The van der Waals surface area contributed by atoms with Crippen LogP contribution < -0.4 is 11.2 Å². The van der Waals surface area contributed by atoms with Gasteiger partial charge in [-0.1, -0.05) is 0 Å². The van der Waals surface area contributed by atoms with E-state index in [0.29, 0.717) is 0 Å². The molecule has 1 aromatic rings. The lowest BCUT2D eigenvalue weighted by Gasteiger charge is -2.38. The van der Waals surface area contributed by atoms with Crippen molar-refractivity contribution in [3.05, 3.63) is 32.6 Å². The van der Waals surface area contributed by atoms with Crippen LogP contribution in [0.1, 0.15) is 18.2 Å². The predicted molar refractivity (Wildman–Crippen MR) is 113 cm³/mol. The summed E-state index contributed by atoms with van der Waals surface area (Å²) in [5.74, 6) is -1.83. The molecule has 10 unspecified atom stereocenters. The van der Waals surface area contributed by atoms with Gasteiger partial charge in [0.1, 0.15) is 30.6 Å². The summed E-state index contributed by atoms with van der Waals surface area (Å²) in [6.45, 7) is 0.508. The number of nitrogens with one attached hydrogen (secondary N) is 1. The predicted octanol–water partition coefficient (Wildman–Crippen LogP) is -3.36. The number of nitrogens with zero attached hydrogens (tertiary/aromatic N) is 1. The molecule has 3 rings (SSSR count). The molecule has 21 heteroatoms. The van der Waals surface area contributed by atoms with Crippen molar-refractivity contribution in [3.63, 3.8) is 0 Å². The van der Waals surface area contributed by atoms with Gasteiger partial charge < -0.3 is 44.8 Å². The molecule has 0 radical (unpaired) electrons. The molecule has 19 nitrogen and oxygen atoms in total. The average Bonchev–Trinajstić information content (AvgIpc) is 3.14. The molecule has 2 aliphatic heterocycles. The lowest BCUT2D eigenvalue weighted by atomic mass is 9.99. The Morgan fingerprint density at radius 2 is 1.76 bits per heavy atom. The lowest BCUT2D eigenvalue weighted by Crippen LogP contribution is -2.60. The molecule has 2 aliphatic rings. The van der Waals surface area contributed by atoms with E-state index in [-0.39, 0.29) is 12.0 Å². The molecule has 8 N–H and O–H groups in total. The van der Waals surface area contributed by atoms with E-state index in [4.69, 9.17) is 9.84 Å². The maximum atomic E-state index is 12.2. The Morgan fingerprint density at radius 3 is 2.38 bits per heavy atom. The highest BCUT2D eigenvalue weighted by Gasteiger charge is 2.51. The van der Waals surface area contributed by atoms with Crippen LogP contribution in [0.4, 0.5) is 0 Å². The zero-order valence-electron chi connectivity index (χ0n) is 18.7. The zero-order chi connectivity index (χ0) is 27.9. The molecule has 0 amide bonds. The summed E-state index contributed by atoms with van der Waals surface area (Å²) < 4.78 is 48.3. The van der Waals surface area contributed by atoms with E-state index in [9.17, 15) is 53.7 Å². The van der Waals surface area contributed by atoms with Crippen LogP contribution in [0.2, 0.25) is 0 Å². The summed E-state index contributed by atoms with van der Waals surface area (Å²) >= 11 is 0. The summed E-state index contributed by atoms with van der Waals surface area (Å²) in [6, 6.07) is 0. The number of aryl methyl sites for hydroxylation is 1. The minimum Gasteiger partial charge on any atom is -0.479 e. The quantitative estimate of drug-likeness (QED) is 0.133. The minimum absolute atomic E-state index is 0.160. The largest absolute Gasteiger partial charge is 0.483 e. The van der Waals surface area contributed by atoms with Crippen LogP contribution in [-0.4, -0.2) is 100 Å². The van der Waals surface area contributed by atoms with Crippen molar-refractivity contribution >= 4 is 21.6 Å². The van der Waals surface area contributed by atoms with E-state index in [1.807, 2.05) is 4.98 Å². The van der Waals surface area contributed by atoms with E-state index in [1.54, 1.807) is 0 Å². The number of carboxylic acid groups (broad SMARTS) is 1. The van der Waals surface area contributed by atoms with E-state index >= 15 is 0 Å². The van der Waals surface area contributed by atoms with Gasteiger partial charge in [0.25, 0.3) is 5.56 Å². The highest BCUT2D eigenvalue weighted by Crippen LogP contribution is 2.61. The third-order valence-electron chi connectivity index (χ3n) is 5.32. The molecule has 3 heterocycles. The molecule has 2 fully saturated rings. The third kappa shape index (κ3) is 6.98. The van der Waals surface area contributed by atoms with Gasteiger partial charge in [0.05, 0.1) is 12.7 Å². The number of aromatic amines is 1. The lowest BCUT2D eigenvalue weighted by molar-refractivity contribution is -0.274. The number of carboxylic acids is 1. The molecule has 1 aromatic heterocycles. The highest BCUT2D eigenvalue weighted by atomic mass is 31.3. The maximum Gasteiger partial charge on any atom is 0.483 e. The Balaban J connectivity index is 1.61. The number of aliphatic carboxylic acids is 1. The van der Waals surface area contributed by atoms with E-state index in [0.717, 1.165) is 4.57 Å². The van der Waals surface area contributed by atoms with Crippen LogP contribution in [0.15, 0.2) is 15.8 Å². The molecule has 0 saturated carbocycles. The van der Waals surface area contributed by atoms with Crippen molar-refractivity contribution < 1.29 is 72.1 Å². The first-order valence-corrected chi connectivity index (χ1v) is 13.3. The van der Waals surface area contributed by atoms with Crippen molar-refractivity contribution in [2.75, 3.05) is 6.61 Å². The summed E-state index contributed by atoms with van der Waals surface area (Å²) in [6.07, 6.45) is -14.0. The second kappa shape index (κ2) is 11.1. The number of H-pyrrole nitrogens is 1. The Labute approximate surface area is 205 Å². The van der Waals surface area contributed by atoms with Gasteiger partial charge in [0, 0.05) is 18.2 Å². The number of carbonyl (C=O) groups is 1. The number of phosphoric ester groups is 2. The number of aromatic nitrogens is 2. The van der Waals surface area contributed by atoms with Crippen molar-refractivity contribution in [2.24, 2.45) is 0 Å². The molecule has 0 aliphatic carbocycles. The molecule has 37 heavy (non-hydrogen) atoms. The number of ether oxygens (including phenoxy) is 2. The van der Waals surface area contributed by atoms with Crippen LogP contribution in [0.25, 0.3) is 0 Å². The van der Waals surface area contributed by atoms with Gasteiger partial charge >= 0.3 is 27.3 Å². The number of rotatable bonds is 9. The first-order chi connectivity index (χ1) is 17.0. The van der Waals surface area contributed by atoms with Crippen molar-refractivity contribution in [2.45, 2.75) is 62.5 Å². The van der Waals surface area contributed by atoms with Crippen molar-refractivity contribution in [3.8, 4) is 0 Å². The SMILES string of the molecule is Cc1cn(C2CC(O)C(COP(=O)(O)OP(=O)(O)OC3OC(C(=O)O)C(O)C(O)C3O)O2)c(=O)[nH]c1=O. The van der Waals surface area contributed by atoms with Crippen LogP contribution in [0, 0.1) is 6.92 Å². The second-order valence-corrected chi connectivity index (χ2v) is 11.1. The van der Waals surface area contributed by atoms with E-state index in [1.165, 1.54) is 13.1 Å². The molecular formula is C16H24N2O17P2. The monoisotopic (exact) mass is 578 g/mol.